The smallest absolute Gasteiger partial charge is 0.229 e. The molecule has 0 saturated heterocycles. The molecule has 0 fully saturated rings. The number of ether oxygens (including phenoxy) is 1. The molecule has 4 aromatic rings. The third-order valence-corrected chi connectivity index (χ3v) is 6.51. The Morgan fingerprint density at radius 2 is 1.70 bits per heavy atom. The predicted molar refractivity (Wildman–Crippen MR) is 151 cm³/mol. The Bertz CT molecular complexity index is 1400. The van der Waals surface area contributed by atoms with E-state index < -0.39 is 6.10 Å². The van der Waals surface area contributed by atoms with Crippen LogP contribution in [0.25, 0.3) is 21.9 Å². The highest BCUT2D eigenvalue weighted by atomic mass is 16.5. The van der Waals surface area contributed by atoms with E-state index >= 15 is 0 Å². The zero-order valence-electron chi connectivity index (χ0n) is 22.6. The molecule has 0 aliphatic carbocycles. The largest absolute Gasteiger partial charge is 0.496 e. The fraction of sp³-hybridized carbons (Fsp3) is 0.312. The van der Waals surface area contributed by atoms with E-state index in [1.165, 1.54) is 0 Å². The molecule has 192 valence electrons. The Labute approximate surface area is 219 Å². The van der Waals surface area contributed by atoms with E-state index in [0.717, 1.165) is 44.3 Å². The third-order valence-electron chi connectivity index (χ3n) is 6.51. The van der Waals surface area contributed by atoms with Gasteiger partial charge in [0.15, 0.2) is 0 Å². The van der Waals surface area contributed by atoms with Crippen molar-refractivity contribution in [2.45, 2.75) is 53.7 Å². The summed E-state index contributed by atoms with van der Waals surface area (Å²) < 4.78 is 5.39. The summed E-state index contributed by atoms with van der Waals surface area (Å²) in [5.74, 6) is 1.54. The minimum Gasteiger partial charge on any atom is -0.496 e. The number of fused-ring (bicyclic) bond motifs is 1. The van der Waals surface area contributed by atoms with Crippen molar-refractivity contribution in [3.63, 3.8) is 0 Å². The second-order valence-corrected chi connectivity index (χ2v) is 10.9. The standard InChI is InChI=1S/C32H36N2O3/c1-21-17-26(12-14-29(21)37-6)24-9-7-23(8-10-24)20-34(30(36)19-32(3,4)5)31-28-13-11-25(22(2)35)18-27(28)15-16-33-31/h7-18,22,35H,19-20H2,1-6H3. The average molecular weight is 497 g/mol. The number of anilines is 1. The van der Waals surface area contributed by atoms with Crippen LogP contribution in [0.2, 0.25) is 0 Å². The molecule has 0 spiro atoms. The van der Waals surface area contributed by atoms with Crippen molar-refractivity contribution in [3.05, 3.63) is 89.6 Å². The molecule has 4 rings (SSSR count). The maximum absolute atomic E-state index is 13.6. The fourth-order valence-electron chi connectivity index (χ4n) is 4.53. The number of hydrogen-bond donors (Lipinski definition) is 1. The van der Waals surface area contributed by atoms with E-state index in [2.05, 4.69) is 62.2 Å². The number of aryl methyl sites for hydroxylation is 1. The van der Waals surface area contributed by atoms with E-state index in [1.807, 2.05) is 37.3 Å². The van der Waals surface area contributed by atoms with Crippen LogP contribution >= 0.6 is 0 Å². The summed E-state index contributed by atoms with van der Waals surface area (Å²) in [4.78, 5) is 20.0. The summed E-state index contributed by atoms with van der Waals surface area (Å²) >= 11 is 0. The van der Waals surface area contributed by atoms with E-state index in [9.17, 15) is 9.90 Å². The lowest BCUT2D eigenvalue weighted by atomic mass is 9.91. The van der Waals surface area contributed by atoms with Crippen LogP contribution in [0.15, 0.2) is 72.9 Å². The van der Waals surface area contributed by atoms with Crippen molar-refractivity contribution >= 4 is 22.5 Å². The van der Waals surface area contributed by atoms with Crippen LogP contribution in [0.3, 0.4) is 0 Å². The number of carbonyl (C=O) groups is 1. The van der Waals surface area contributed by atoms with Gasteiger partial charge >= 0.3 is 0 Å². The van der Waals surface area contributed by atoms with Gasteiger partial charge in [-0.2, -0.15) is 0 Å². The molecular weight excluding hydrogens is 460 g/mol. The van der Waals surface area contributed by atoms with Gasteiger partial charge in [-0.05, 0) is 76.7 Å². The van der Waals surface area contributed by atoms with E-state index in [-0.39, 0.29) is 11.3 Å². The van der Waals surface area contributed by atoms with Gasteiger partial charge in [-0.25, -0.2) is 4.98 Å². The van der Waals surface area contributed by atoms with Crippen LogP contribution in [0.5, 0.6) is 5.75 Å². The van der Waals surface area contributed by atoms with Crippen LogP contribution in [0, 0.1) is 12.3 Å². The van der Waals surface area contributed by atoms with Crippen LogP contribution < -0.4 is 9.64 Å². The summed E-state index contributed by atoms with van der Waals surface area (Å²) in [6, 6.07) is 22.2. The van der Waals surface area contributed by atoms with Gasteiger partial charge in [-0.3, -0.25) is 9.69 Å². The van der Waals surface area contributed by atoms with Gasteiger partial charge in [-0.15, -0.1) is 0 Å². The van der Waals surface area contributed by atoms with Crippen LogP contribution in [0.4, 0.5) is 5.82 Å². The highest BCUT2D eigenvalue weighted by molar-refractivity contribution is 6.02. The maximum Gasteiger partial charge on any atom is 0.229 e. The molecule has 1 amide bonds. The van der Waals surface area contributed by atoms with Crippen LogP contribution in [-0.2, 0) is 11.3 Å². The number of aromatic nitrogens is 1. The zero-order valence-corrected chi connectivity index (χ0v) is 22.6. The first-order chi connectivity index (χ1) is 17.6. The molecule has 1 N–H and O–H groups in total. The SMILES string of the molecule is COc1ccc(-c2ccc(CN(C(=O)CC(C)(C)C)c3nccc4cc(C(C)O)ccc34)cc2)cc1C. The van der Waals surface area contributed by atoms with Gasteiger partial charge in [-0.1, -0.05) is 63.2 Å². The highest BCUT2D eigenvalue weighted by Crippen LogP contribution is 2.31. The molecule has 3 aromatic carbocycles. The summed E-state index contributed by atoms with van der Waals surface area (Å²) in [6.07, 6.45) is 1.57. The van der Waals surface area contributed by atoms with Crippen LogP contribution in [-0.4, -0.2) is 23.1 Å². The lowest BCUT2D eigenvalue weighted by Crippen LogP contribution is -2.34. The quantitative estimate of drug-likeness (QED) is 0.293. The molecule has 0 bridgehead atoms. The number of nitrogens with zero attached hydrogens (tertiary/aromatic N) is 2. The number of methoxy groups -OCH3 is 1. The summed E-state index contributed by atoms with van der Waals surface area (Å²) in [6.45, 7) is 10.4. The summed E-state index contributed by atoms with van der Waals surface area (Å²) in [5, 5.41) is 11.9. The Kier molecular flexibility index (Phi) is 7.65. The van der Waals surface area contributed by atoms with Crippen molar-refractivity contribution in [2.24, 2.45) is 5.41 Å². The first-order valence-electron chi connectivity index (χ1n) is 12.7. The van der Waals surface area contributed by atoms with Gasteiger partial charge in [0.25, 0.3) is 0 Å². The normalized spacial score (nSPS) is 12.4. The predicted octanol–water partition coefficient (Wildman–Crippen LogP) is 7.24. The number of hydrogen-bond acceptors (Lipinski definition) is 4. The maximum atomic E-state index is 13.6. The van der Waals surface area contributed by atoms with Crippen molar-refractivity contribution in [2.75, 3.05) is 12.0 Å². The number of benzene rings is 3. The molecule has 0 radical (unpaired) electrons. The topological polar surface area (TPSA) is 62.7 Å². The van der Waals surface area contributed by atoms with Gasteiger partial charge in [0, 0.05) is 18.0 Å². The second-order valence-electron chi connectivity index (χ2n) is 10.9. The second kappa shape index (κ2) is 10.7. The lowest BCUT2D eigenvalue weighted by molar-refractivity contribution is -0.120. The molecule has 1 atom stereocenters. The van der Waals surface area contributed by atoms with Gasteiger partial charge in [0.2, 0.25) is 5.91 Å². The molecule has 0 saturated carbocycles. The fourth-order valence-corrected chi connectivity index (χ4v) is 4.53. The van der Waals surface area contributed by atoms with Crippen molar-refractivity contribution in [3.8, 4) is 16.9 Å². The number of carbonyl (C=O) groups excluding carboxylic acids is 1. The van der Waals surface area contributed by atoms with Gasteiger partial charge in [0.05, 0.1) is 19.8 Å². The lowest BCUT2D eigenvalue weighted by Gasteiger charge is -2.27. The molecule has 0 aliphatic rings. The minimum absolute atomic E-state index is 0.0296. The Hall–Kier alpha value is -3.70. The minimum atomic E-state index is -0.562. The first kappa shape index (κ1) is 26.4. The van der Waals surface area contributed by atoms with Gasteiger partial charge < -0.3 is 9.84 Å². The molecule has 0 aliphatic heterocycles. The molecule has 1 aromatic heterocycles. The number of pyridine rings is 1. The summed E-state index contributed by atoms with van der Waals surface area (Å²) in [5.41, 5.74) is 5.02. The number of aliphatic hydroxyl groups is 1. The average Bonchev–Trinajstić information content (AvgIpc) is 2.86. The number of amides is 1. The Morgan fingerprint density at radius 1 is 1.00 bits per heavy atom. The first-order valence-corrected chi connectivity index (χ1v) is 12.7. The van der Waals surface area contributed by atoms with Crippen molar-refractivity contribution in [1.82, 2.24) is 4.98 Å². The van der Waals surface area contributed by atoms with Crippen molar-refractivity contribution < 1.29 is 14.6 Å². The van der Waals surface area contributed by atoms with Gasteiger partial charge in [0.1, 0.15) is 11.6 Å². The van der Waals surface area contributed by atoms with E-state index in [0.29, 0.717) is 18.8 Å². The summed E-state index contributed by atoms with van der Waals surface area (Å²) in [7, 11) is 1.68. The highest BCUT2D eigenvalue weighted by Gasteiger charge is 2.25. The molecule has 37 heavy (non-hydrogen) atoms. The Morgan fingerprint density at radius 3 is 2.32 bits per heavy atom. The van der Waals surface area contributed by atoms with E-state index in [4.69, 9.17) is 4.74 Å². The molecule has 5 heteroatoms. The molecule has 1 unspecified atom stereocenters. The molecule has 1 heterocycles. The third kappa shape index (κ3) is 6.17. The van der Waals surface area contributed by atoms with Crippen molar-refractivity contribution in [1.29, 1.82) is 0 Å². The van der Waals surface area contributed by atoms with E-state index in [1.54, 1.807) is 25.1 Å². The zero-order chi connectivity index (χ0) is 26.7. The Balaban J connectivity index is 1.69. The van der Waals surface area contributed by atoms with Crippen LogP contribution in [0.1, 0.15) is 56.9 Å². The number of aliphatic hydroxyl groups excluding tert-OH is 1. The molecule has 5 nitrogen and oxygen atoms in total. The number of rotatable bonds is 7. The molecular formula is C32H36N2O3. The monoisotopic (exact) mass is 496 g/mol.